The summed E-state index contributed by atoms with van der Waals surface area (Å²) in [6.45, 7) is 12.6. The van der Waals surface area contributed by atoms with Gasteiger partial charge in [-0.15, -0.1) is 0 Å². The molecule has 0 radical (unpaired) electrons. The first kappa shape index (κ1) is 15.0. The number of hydrogen-bond donors (Lipinski definition) is 1. The van der Waals surface area contributed by atoms with E-state index in [0.717, 1.165) is 24.5 Å². The second-order valence-corrected chi connectivity index (χ2v) is 5.82. The van der Waals surface area contributed by atoms with E-state index in [4.69, 9.17) is 0 Å². The van der Waals surface area contributed by atoms with Crippen LogP contribution in [0.4, 0.5) is 5.82 Å². The molecule has 1 aromatic rings. The molecule has 3 heteroatoms. The molecule has 0 aliphatic heterocycles. The summed E-state index contributed by atoms with van der Waals surface area (Å²) < 4.78 is 0. The van der Waals surface area contributed by atoms with E-state index in [2.05, 4.69) is 37.6 Å². The fourth-order valence-electron chi connectivity index (χ4n) is 2.01. The summed E-state index contributed by atoms with van der Waals surface area (Å²) >= 11 is 0. The van der Waals surface area contributed by atoms with Gasteiger partial charge in [0.25, 0.3) is 0 Å². The average molecular weight is 250 g/mol. The van der Waals surface area contributed by atoms with Crippen LogP contribution < -0.4 is 4.90 Å². The van der Waals surface area contributed by atoms with Crippen molar-refractivity contribution in [3.8, 4) is 0 Å². The first-order valence-electron chi connectivity index (χ1n) is 6.79. The second-order valence-electron chi connectivity index (χ2n) is 5.82. The molecule has 1 aromatic heterocycles. The molecule has 18 heavy (non-hydrogen) atoms. The van der Waals surface area contributed by atoms with Gasteiger partial charge in [-0.2, -0.15) is 0 Å². The molecule has 0 amide bonds. The van der Waals surface area contributed by atoms with Crippen LogP contribution in [0.5, 0.6) is 0 Å². The summed E-state index contributed by atoms with van der Waals surface area (Å²) in [5.74, 6) is 2.16. The number of aromatic nitrogens is 1. The minimum atomic E-state index is -0.438. The lowest BCUT2D eigenvalue weighted by atomic mass is 10.1. The monoisotopic (exact) mass is 250 g/mol. The third kappa shape index (κ3) is 4.65. The van der Waals surface area contributed by atoms with Crippen molar-refractivity contribution in [1.29, 1.82) is 0 Å². The molecule has 0 spiro atoms. The number of rotatable bonds is 6. The molecule has 0 saturated heterocycles. The number of aliphatic hydroxyl groups is 1. The number of hydrogen-bond acceptors (Lipinski definition) is 3. The van der Waals surface area contributed by atoms with Gasteiger partial charge in [0.2, 0.25) is 0 Å². The van der Waals surface area contributed by atoms with Crippen LogP contribution in [0.15, 0.2) is 18.3 Å². The molecular formula is C15H26N2O. The van der Waals surface area contributed by atoms with Gasteiger partial charge in [0.1, 0.15) is 5.82 Å². The van der Waals surface area contributed by atoms with Crippen molar-refractivity contribution in [3.05, 3.63) is 23.9 Å². The lowest BCUT2D eigenvalue weighted by Crippen LogP contribution is -2.32. The maximum atomic E-state index is 9.65. The predicted octanol–water partition coefficient (Wildman–Crippen LogP) is 3.25. The Labute approximate surface area is 111 Å². The summed E-state index contributed by atoms with van der Waals surface area (Å²) in [5.41, 5.74) is 0.928. The van der Waals surface area contributed by atoms with Crippen molar-refractivity contribution in [2.75, 3.05) is 18.0 Å². The van der Waals surface area contributed by atoms with Gasteiger partial charge in [0, 0.05) is 19.3 Å². The fourth-order valence-corrected chi connectivity index (χ4v) is 2.01. The van der Waals surface area contributed by atoms with Crippen molar-refractivity contribution >= 4 is 5.82 Å². The number of pyridine rings is 1. The smallest absolute Gasteiger partial charge is 0.128 e. The standard InChI is InChI=1S/C15H26N2O/c1-11(2)9-17(10-12(3)4)15-8-14(13(5)18)6-7-16-15/h6-8,11-13,18H,9-10H2,1-5H3/t13-/m1/s1. The van der Waals surface area contributed by atoms with Crippen LogP contribution in [0.1, 0.15) is 46.3 Å². The zero-order chi connectivity index (χ0) is 13.7. The number of aliphatic hydroxyl groups excluding tert-OH is 1. The van der Waals surface area contributed by atoms with Crippen LogP contribution in [0.2, 0.25) is 0 Å². The summed E-state index contributed by atoms with van der Waals surface area (Å²) in [7, 11) is 0. The van der Waals surface area contributed by atoms with Crippen LogP contribution in [0.25, 0.3) is 0 Å². The molecule has 1 heterocycles. The van der Waals surface area contributed by atoms with Crippen molar-refractivity contribution in [3.63, 3.8) is 0 Å². The zero-order valence-electron chi connectivity index (χ0n) is 12.2. The van der Waals surface area contributed by atoms with E-state index in [-0.39, 0.29) is 0 Å². The lowest BCUT2D eigenvalue weighted by Gasteiger charge is -2.28. The minimum absolute atomic E-state index is 0.438. The molecule has 0 aromatic carbocycles. The molecule has 3 nitrogen and oxygen atoms in total. The van der Waals surface area contributed by atoms with Gasteiger partial charge < -0.3 is 10.0 Å². The third-order valence-corrected chi connectivity index (χ3v) is 2.75. The Kier molecular flexibility index (Phi) is 5.60. The summed E-state index contributed by atoms with van der Waals surface area (Å²) in [6.07, 6.45) is 1.34. The number of anilines is 1. The highest BCUT2D eigenvalue weighted by molar-refractivity contribution is 5.41. The molecular weight excluding hydrogens is 224 g/mol. The van der Waals surface area contributed by atoms with Crippen LogP contribution in [0.3, 0.4) is 0 Å². The zero-order valence-corrected chi connectivity index (χ0v) is 12.2. The Morgan fingerprint density at radius 2 is 1.67 bits per heavy atom. The second kappa shape index (κ2) is 6.74. The Morgan fingerprint density at radius 3 is 2.11 bits per heavy atom. The van der Waals surface area contributed by atoms with E-state index in [0.29, 0.717) is 11.8 Å². The third-order valence-electron chi connectivity index (χ3n) is 2.75. The normalized spacial score (nSPS) is 13.1. The van der Waals surface area contributed by atoms with Gasteiger partial charge >= 0.3 is 0 Å². The first-order chi connectivity index (χ1) is 8.40. The van der Waals surface area contributed by atoms with E-state index >= 15 is 0 Å². The average Bonchev–Trinajstić information content (AvgIpc) is 2.27. The first-order valence-corrected chi connectivity index (χ1v) is 6.79. The highest BCUT2D eigenvalue weighted by atomic mass is 16.3. The maximum Gasteiger partial charge on any atom is 0.128 e. The highest BCUT2D eigenvalue weighted by Crippen LogP contribution is 2.19. The van der Waals surface area contributed by atoms with Gasteiger partial charge in [0.15, 0.2) is 0 Å². The van der Waals surface area contributed by atoms with Crippen LogP contribution in [-0.4, -0.2) is 23.2 Å². The molecule has 1 rings (SSSR count). The lowest BCUT2D eigenvalue weighted by molar-refractivity contribution is 0.199. The van der Waals surface area contributed by atoms with E-state index < -0.39 is 6.10 Å². The number of nitrogens with zero attached hydrogens (tertiary/aromatic N) is 2. The maximum absolute atomic E-state index is 9.65. The summed E-state index contributed by atoms with van der Waals surface area (Å²) in [6, 6.07) is 3.87. The van der Waals surface area contributed by atoms with Gasteiger partial charge in [-0.25, -0.2) is 4.98 Å². The minimum Gasteiger partial charge on any atom is -0.389 e. The van der Waals surface area contributed by atoms with Gasteiger partial charge in [-0.1, -0.05) is 27.7 Å². The molecule has 0 unspecified atom stereocenters. The van der Waals surface area contributed by atoms with Crippen molar-refractivity contribution in [2.24, 2.45) is 11.8 Å². The molecule has 0 saturated carbocycles. The molecule has 1 N–H and O–H groups in total. The molecule has 0 aliphatic carbocycles. The highest BCUT2D eigenvalue weighted by Gasteiger charge is 2.13. The Balaban J connectivity index is 2.93. The summed E-state index contributed by atoms with van der Waals surface area (Å²) in [5, 5.41) is 9.65. The fraction of sp³-hybridized carbons (Fsp3) is 0.667. The van der Waals surface area contributed by atoms with Crippen molar-refractivity contribution < 1.29 is 5.11 Å². The van der Waals surface area contributed by atoms with Crippen LogP contribution in [-0.2, 0) is 0 Å². The van der Waals surface area contributed by atoms with Crippen LogP contribution in [0, 0.1) is 11.8 Å². The van der Waals surface area contributed by atoms with E-state index in [1.165, 1.54) is 0 Å². The molecule has 0 bridgehead atoms. The van der Waals surface area contributed by atoms with Crippen molar-refractivity contribution in [1.82, 2.24) is 4.98 Å². The quantitative estimate of drug-likeness (QED) is 0.842. The van der Waals surface area contributed by atoms with Gasteiger partial charge in [-0.3, -0.25) is 0 Å². The Morgan fingerprint density at radius 1 is 1.11 bits per heavy atom. The molecule has 1 atom stereocenters. The molecule has 102 valence electrons. The van der Waals surface area contributed by atoms with Crippen molar-refractivity contribution in [2.45, 2.75) is 40.7 Å². The van der Waals surface area contributed by atoms with E-state index in [1.807, 2.05) is 12.1 Å². The van der Waals surface area contributed by atoms with E-state index in [1.54, 1.807) is 13.1 Å². The largest absolute Gasteiger partial charge is 0.389 e. The Hall–Kier alpha value is -1.09. The van der Waals surface area contributed by atoms with E-state index in [9.17, 15) is 5.11 Å². The van der Waals surface area contributed by atoms with Crippen LogP contribution >= 0.6 is 0 Å². The topological polar surface area (TPSA) is 36.4 Å². The SMILES string of the molecule is CC(C)CN(CC(C)C)c1cc([C@@H](C)O)ccn1. The predicted molar refractivity (Wildman–Crippen MR) is 76.8 cm³/mol. The molecule has 0 fully saturated rings. The Bertz CT molecular complexity index is 351. The summed E-state index contributed by atoms with van der Waals surface area (Å²) in [4.78, 5) is 6.75. The van der Waals surface area contributed by atoms with Gasteiger partial charge in [-0.05, 0) is 36.5 Å². The van der Waals surface area contributed by atoms with Gasteiger partial charge in [0.05, 0.1) is 6.10 Å². The molecule has 0 aliphatic rings.